The second-order valence-electron chi connectivity index (χ2n) is 2.53. The van der Waals surface area contributed by atoms with E-state index < -0.39 is 10.0 Å². The van der Waals surface area contributed by atoms with E-state index in [1.54, 1.807) is 16.3 Å². The van der Waals surface area contributed by atoms with Crippen molar-refractivity contribution in [2.24, 2.45) is 5.84 Å². The smallest absolute Gasteiger partial charge is 0.272 e. The van der Waals surface area contributed by atoms with Crippen LogP contribution in [0.15, 0.2) is 11.2 Å². The van der Waals surface area contributed by atoms with Gasteiger partial charge in [-0.25, -0.2) is 13.4 Å². The molecule has 0 aliphatic heterocycles. The Morgan fingerprint density at radius 1 is 1.69 bits per heavy atom. The highest BCUT2D eigenvalue weighted by atomic mass is 32.2. The van der Waals surface area contributed by atoms with Crippen molar-refractivity contribution in [3.8, 4) is 0 Å². The molecule has 1 aromatic heterocycles. The summed E-state index contributed by atoms with van der Waals surface area (Å²) < 4.78 is 24.1. The van der Waals surface area contributed by atoms with Gasteiger partial charge in [0.05, 0.1) is 0 Å². The average Bonchev–Trinajstić information content (AvgIpc) is 2.47. The van der Waals surface area contributed by atoms with E-state index in [0.717, 1.165) is 0 Å². The summed E-state index contributed by atoms with van der Waals surface area (Å²) in [4.78, 5) is 5.58. The summed E-state index contributed by atoms with van der Waals surface area (Å²) in [5.74, 6) is 5.50. The number of nitrogens with zero attached hydrogens (tertiary/aromatic N) is 2. The first-order chi connectivity index (χ1) is 6.01. The van der Waals surface area contributed by atoms with Gasteiger partial charge in [-0.3, -0.25) is 5.84 Å². The first-order valence-electron chi connectivity index (χ1n) is 3.77. The van der Waals surface area contributed by atoms with Crippen molar-refractivity contribution in [2.75, 3.05) is 0 Å². The fourth-order valence-corrected chi connectivity index (χ4v) is 1.63. The molecule has 74 valence electrons. The lowest BCUT2D eigenvalue weighted by atomic mass is 10.6. The van der Waals surface area contributed by atoms with Crippen LogP contribution in [0.25, 0.3) is 0 Å². The van der Waals surface area contributed by atoms with E-state index in [1.807, 2.05) is 6.92 Å². The van der Waals surface area contributed by atoms with Gasteiger partial charge in [-0.15, -0.1) is 4.83 Å². The first kappa shape index (κ1) is 10.2. The van der Waals surface area contributed by atoms with E-state index in [4.69, 9.17) is 5.84 Å². The topological polar surface area (TPSA) is 90.0 Å². The number of imidazole rings is 1. The molecule has 0 radical (unpaired) electrons. The molecule has 0 aromatic carbocycles. The fourth-order valence-electron chi connectivity index (χ4n) is 0.989. The summed E-state index contributed by atoms with van der Waals surface area (Å²) in [6.07, 6.45) is 1.45. The van der Waals surface area contributed by atoms with Crippen molar-refractivity contribution in [3.63, 3.8) is 0 Å². The average molecular weight is 204 g/mol. The van der Waals surface area contributed by atoms with E-state index in [2.05, 4.69) is 4.98 Å². The van der Waals surface area contributed by atoms with Crippen LogP contribution < -0.4 is 10.7 Å². The predicted octanol–water partition coefficient (Wildman–Crippen LogP) is -0.637. The summed E-state index contributed by atoms with van der Waals surface area (Å²) in [7, 11) is -3.61. The molecule has 0 saturated heterocycles. The summed E-state index contributed by atoms with van der Waals surface area (Å²) in [5.41, 5.74) is 0. The molecule has 0 spiro atoms. The summed E-state index contributed by atoms with van der Waals surface area (Å²) in [6, 6.07) is 0. The molecule has 0 amide bonds. The quantitative estimate of drug-likeness (QED) is 0.506. The maximum absolute atomic E-state index is 11.2. The van der Waals surface area contributed by atoms with Gasteiger partial charge < -0.3 is 4.57 Å². The van der Waals surface area contributed by atoms with Crippen molar-refractivity contribution in [3.05, 3.63) is 12.0 Å². The molecular formula is C6H12N4O2S. The van der Waals surface area contributed by atoms with Crippen LogP contribution in [-0.4, -0.2) is 18.0 Å². The molecule has 1 rings (SSSR count). The Kier molecular flexibility index (Phi) is 2.69. The highest BCUT2D eigenvalue weighted by molar-refractivity contribution is 7.89. The van der Waals surface area contributed by atoms with Crippen molar-refractivity contribution in [1.29, 1.82) is 0 Å². The highest BCUT2D eigenvalue weighted by Crippen LogP contribution is 2.07. The SMILES string of the molecule is CCn1cc(S(=O)(=O)NN)nc1C. The Morgan fingerprint density at radius 2 is 2.31 bits per heavy atom. The number of hydrazine groups is 1. The number of nitrogens with one attached hydrogen (secondary N) is 1. The third-order valence-corrected chi connectivity index (χ3v) is 2.78. The number of sulfonamides is 1. The van der Waals surface area contributed by atoms with Crippen molar-refractivity contribution in [1.82, 2.24) is 14.4 Å². The van der Waals surface area contributed by atoms with Crippen molar-refractivity contribution < 1.29 is 8.42 Å². The van der Waals surface area contributed by atoms with Crippen LogP contribution in [0.1, 0.15) is 12.7 Å². The van der Waals surface area contributed by atoms with Crippen LogP contribution in [0.3, 0.4) is 0 Å². The van der Waals surface area contributed by atoms with Gasteiger partial charge >= 0.3 is 0 Å². The summed E-state index contributed by atoms with van der Waals surface area (Å²) >= 11 is 0. The lowest BCUT2D eigenvalue weighted by molar-refractivity contribution is 0.580. The minimum Gasteiger partial charge on any atom is -0.334 e. The van der Waals surface area contributed by atoms with Gasteiger partial charge in [0.2, 0.25) is 0 Å². The molecule has 13 heavy (non-hydrogen) atoms. The second kappa shape index (κ2) is 3.44. The molecule has 3 N–H and O–H groups in total. The molecule has 0 atom stereocenters. The number of aromatic nitrogens is 2. The third-order valence-electron chi connectivity index (χ3n) is 1.73. The molecule has 0 bridgehead atoms. The van der Waals surface area contributed by atoms with Crippen LogP contribution in [0.5, 0.6) is 0 Å². The molecule has 0 unspecified atom stereocenters. The van der Waals surface area contributed by atoms with Crippen molar-refractivity contribution >= 4 is 10.0 Å². The monoisotopic (exact) mass is 204 g/mol. The molecule has 0 aliphatic carbocycles. The standard InChI is InChI=1S/C6H12N4O2S/c1-3-10-4-6(8-5(10)2)13(11,12)9-7/h4,9H,3,7H2,1-2H3. The van der Waals surface area contributed by atoms with Gasteiger partial charge in [0, 0.05) is 12.7 Å². The Balaban J connectivity index is 3.19. The molecule has 6 nitrogen and oxygen atoms in total. The van der Waals surface area contributed by atoms with E-state index in [9.17, 15) is 8.42 Å². The maximum Gasteiger partial charge on any atom is 0.272 e. The summed E-state index contributed by atoms with van der Waals surface area (Å²) in [5, 5.41) is -0.0469. The van der Waals surface area contributed by atoms with Gasteiger partial charge in [-0.1, -0.05) is 0 Å². The van der Waals surface area contributed by atoms with E-state index >= 15 is 0 Å². The van der Waals surface area contributed by atoms with E-state index in [0.29, 0.717) is 12.4 Å². The molecular weight excluding hydrogens is 192 g/mol. The highest BCUT2D eigenvalue weighted by Gasteiger charge is 2.16. The minimum atomic E-state index is -3.61. The van der Waals surface area contributed by atoms with Gasteiger partial charge in [0.1, 0.15) is 5.82 Å². The van der Waals surface area contributed by atoms with E-state index in [-0.39, 0.29) is 5.03 Å². The number of aryl methyl sites for hydroxylation is 2. The van der Waals surface area contributed by atoms with Gasteiger partial charge in [-0.2, -0.15) is 0 Å². The molecule has 1 aromatic rings. The zero-order valence-electron chi connectivity index (χ0n) is 7.48. The number of nitrogens with two attached hydrogens (primary N) is 1. The minimum absolute atomic E-state index is 0.0469. The normalized spacial score (nSPS) is 11.9. The fraction of sp³-hybridized carbons (Fsp3) is 0.500. The maximum atomic E-state index is 11.2. The van der Waals surface area contributed by atoms with Crippen LogP contribution in [0, 0.1) is 6.92 Å². The van der Waals surface area contributed by atoms with Crippen molar-refractivity contribution in [2.45, 2.75) is 25.4 Å². The zero-order valence-corrected chi connectivity index (χ0v) is 8.30. The Hall–Kier alpha value is -0.920. The molecule has 0 aliphatic rings. The van der Waals surface area contributed by atoms with Gasteiger partial charge in [-0.05, 0) is 13.8 Å². The Bertz CT molecular complexity index is 395. The predicted molar refractivity (Wildman–Crippen MR) is 47.1 cm³/mol. The van der Waals surface area contributed by atoms with E-state index in [1.165, 1.54) is 6.20 Å². The molecule has 1 heterocycles. The summed E-state index contributed by atoms with van der Waals surface area (Å²) in [6.45, 7) is 4.32. The van der Waals surface area contributed by atoms with Gasteiger partial charge in [0.25, 0.3) is 10.0 Å². The van der Waals surface area contributed by atoms with Crippen LogP contribution >= 0.6 is 0 Å². The van der Waals surface area contributed by atoms with Crippen LogP contribution in [0.4, 0.5) is 0 Å². The molecule has 0 saturated carbocycles. The first-order valence-corrected chi connectivity index (χ1v) is 5.25. The Morgan fingerprint density at radius 3 is 2.69 bits per heavy atom. The van der Waals surface area contributed by atoms with Crippen LogP contribution in [0.2, 0.25) is 0 Å². The lowest BCUT2D eigenvalue weighted by Gasteiger charge is -1.96. The number of hydrogen-bond acceptors (Lipinski definition) is 4. The lowest BCUT2D eigenvalue weighted by Crippen LogP contribution is -2.30. The number of rotatable bonds is 3. The number of hydrogen-bond donors (Lipinski definition) is 2. The van der Waals surface area contributed by atoms with Gasteiger partial charge in [0.15, 0.2) is 5.03 Å². The second-order valence-corrected chi connectivity index (χ2v) is 4.19. The third kappa shape index (κ3) is 1.87. The largest absolute Gasteiger partial charge is 0.334 e. The zero-order chi connectivity index (χ0) is 10.1. The Labute approximate surface area is 76.8 Å². The van der Waals surface area contributed by atoms with Crippen LogP contribution in [-0.2, 0) is 16.6 Å². The molecule has 7 heteroatoms. The molecule has 0 fully saturated rings.